The first-order chi connectivity index (χ1) is 7.60. The lowest BCUT2D eigenvalue weighted by atomic mass is 10.4. The normalized spacial score (nSPS) is 9.88. The minimum Gasteiger partial charge on any atom is -0.461 e. The van der Waals surface area contributed by atoms with Crippen molar-refractivity contribution in [2.75, 3.05) is 18.9 Å². The summed E-state index contributed by atoms with van der Waals surface area (Å²) in [6.07, 6.45) is 0. The van der Waals surface area contributed by atoms with Crippen molar-refractivity contribution in [3.8, 4) is 0 Å². The van der Waals surface area contributed by atoms with Gasteiger partial charge in [-0.2, -0.15) is 0 Å². The summed E-state index contributed by atoms with van der Waals surface area (Å²) in [5.74, 6) is -1.46. The minimum absolute atomic E-state index is 0.0125. The van der Waals surface area contributed by atoms with Gasteiger partial charge in [0.1, 0.15) is 5.82 Å². The van der Waals surface area contributed by atoms with Crippen molar-refractivity contribution in [2.45, 2.75) is 13.8 Å². The number of nitrogens with two attached hydrogens (primary N) is 1. The molecule has 7 heteroatoms. The van der Waals surface area contributed by atoms with E-state index >= 15 is 0 Å². The van der Waals surface area contributed by atoms with Gasteiger partial charge in [0.2, 0.25) is 5.82 Å². The first kappa shape index (κ1) is 12.0. The van der Waals surface area contributed by atoms with Gasteiger partial charge in [-0.05, 0) is 13.8 Å². The second-order valence-electron chi connectivity index (χ2n) is 2.79. The molecule has 0 amide bonds. The van der Waals surface area contributed by atoms with Gasteiger partial charge in [-0.3, -0.25) is 0 Å². The third-order valence-corrected chi connectivity index (χ3v) is 1.67. The van der Waals surface area contributed by atoms with E-state index in [9.17, 15) is 9.59 Å². The van der Waals surface area contributed by atoms with Crippen molar-refractivity contribution in [3.05, 3.63) is 11.5 Å². The fourth-order valence-electron chi connectivity index (χ4n) is 1.04. The molecule has 0 saturated carbocycles. The smallest absolute Gasteiger partial charge is 0.374 e. The molecule has 0 fully saturated rings. The Kier molecular flexibility index (Phi) is 3.87. The van der Waals surface area contributed by atoms with Crippen LogP contribution in [0, 0.1) is 0 Å². The number of hydrogen-bond acceptors (Lipinski definition) is 6. The number of anilines is 1. The maximum atomic E-state index is 11.3. The average molecular weight is 227 g/mol. The molecular weight excluding hydrogens is 214 g/mol. The van der Waals surface area contributed by atoms with Crippen LogP contribution < -0.4 is 5.73 Å². The van der Waals surface area contributed by atoms with E-state index < -0.39 is 11.9 Å². The summed E-state index contributed by atoms with van der Waals surface area (Å²) < 4.78 is 9.40. The topological polar surface area (TPSA) is 107 Å². The van der Waals surface area contributed by atoms with Crippen LogP contribution in [0.4, 0.5) is 5.82 Å². The number of H-pyrrole nitrogens is 1. The summed E-state index contributed by atoms with van der Waals surface area (Å²) >= 11 is 0. The van der Waals surface area contributed by atoms with Crippen LogP contribution in [-0.2, 0) is 9.47 Å². The van der Waals surface area contributed by atoms with Gasteiger partial charge in [0.05, 0.1) is 13.2 Å². The fraction of sp³-hybridized carbons (Fsp3) is 0.444. The number of aromatic nitrogens is 2. The van der Waals surface area contributed by atoms with Crippen LogP contribution >= 0.6 is 0 Å². The molecule has 3 N–H and O–H groups in total. The number of hydrogen-bond donors (Lipinski definition) is 2. The van der Waals surface area contributed by atoms with Gasteiger partial charge >= 0.3 is 11.9 Å². The van der Waals surface area contributed by atoms with Crippen LogP contribution in [0.2, 0.25) is 0 Å². The number of esters is 2. The zero-order chi connectivity index (χ0) is 12.1. The first-order valence-corrected chi connectivity index (χ1v) is 4.79. The largest absolute Gasteiger partial charge is 0.461 e. The molecule has 16 heavy (non-hydrogen) atoms. The van der Waals surface area contributed by atoms with Crippen LogP contribution in [0.15, 0.2) is 0 Å². The number of ether oxygens (including phenoxy) is 2. The standard InChI is InChI=1S/C9H13N3O4/c1-3-15-8(13)5-6(10)12-7(11-5)9(14)16-4-2/h3-4,10H2,1-2H3,(H,11,12). The lowest BCUT2D eigenvalue weighted by Gasteiger charge is -1.97. The Bertz CT molecular complexity index is 399. The van der Waals surface area contributed by atoms with E-state index in [2.05, 4.69) is 9.97 Å². The van der Waals surface area contributed by atoms with Crippen molar-refractivity contribution >= 4 is 17.8 Å². The maximum Gasteiger partial charge on any atom is 0.374 e. The van der Waals surface area contributed by atoms with E-state index in [1.807, 2.05) is 0 Å². The van der Waals surface area contributed by atoms with Crippen LogP contribution in [0.25, 0.3) is 0 Å². The summed E-state index contributed by atoms with van der Waals surface area (Å²) in [7, 11) is 0. The molecule has 1 rings (SSSR count). The number of imidazole rings is 1. The number of nitrogens with one attached hydrogen (secondary N) is 1. The Balaban J connectivity index is 2.89. The molecule has 0 unspecified atom stereocenters. The van der Waals surface area contributed by atoms with Gasteiger partial charge in [0.25, 0.3) is 0 Å². The van der Waals surface area contributed by atoms with E-state index in [1.54, 1.807) is 13.8 Å². The van der Waals surface area contributed by atoms with Gasteiger partial charge in [-0.1, -0.05) is 0 Å². The highest BCUT2D eigenvalue weighted by atomic mass is 16.5. The quantitative estimate of drug-likeness (QED) is 0.718. The van der Waals surface area contributed by atoms with Crippen LogP contribution in [0.3, 0.4) is 0 Å². The molecule has 0 atom stereocenters. The van der Waals surface area contributed by atoms with Crippen molar-refractivity contribution < 1.29 is 19.1 Å². The number of aromatic amines is 1. The van der Waals surface area contributed by atoms with Gasteiger partial charge in [-0.15, -0.1) is 0 Å². The average Bonchev–Trinajstić information content (AvgIpc) is 2.61. The summed E-state index contributed by atoms with van der Waals surface area (Å²) in [4.78, 5) is 28.8. The molecule has 0 bridgehead atoms. The highest BCUT2D eigenvalue weighted by Crippen LogP contribution is 2.10. The summed E-state index contributed by atoms with van der Waals surface area (Å²) in [6.45, 7) is 3.75. The lowest BCUT2D eigenvalue weighted by molar-refractivity contribution is 0.0512. The summed E-state index contributed by atoms with van der Waals surface area (Å²) in [5.41, 5.74) is 5.37. The van der Waals surface area contributed by atoms with E-state index in [1.165, 1.54) is 0 Å². The molecule has 7 nitrogen and oxygen atoms in total. The number of nitrogens with zero attached hydrogens (tertiary/aromatic N) is 1. The van der Waals surface area contributed by atoms with Gasteiger partial charge in [0, 0.05) is 0 Å². The summed E-state index contributed by atoms with van der Waals surface area (Å²) in [6, 6.07) is 0. The van der Waals surface area contributed by atoms with Crippen molar-refractivity contribution in [1.82, 2.24) is 9.97 Å². The molecule has 1 aromatic heterocycles. The van der Waals surface area contributed by atoms with Crippen LogP contribution in [0.5, 0.6) is 0 Å². The Morgan fingerprint density at radius 3 is 2.38 bits per heavy atom. The molecule has 0 aromatic carbocycles. The SMILES string of the molecule is CCOC(=O)c1nc(C(=O)OCC)c(N)[nH]1. The number of rotatable bonds is 4. The Morgan fingerprint density at radius 2 is 1.81 bits per heavy atom. The monoisotopic (exact) mass is 227 g/mol. The van der Waals surface area contributed by atoms with Gasteiger partial charge in [0.15, 0.2) is 5.69 Å². The third-order valence-electron chi connectivity index (χ3n) is 1.67. The van der Waals surface area contributed by atoms with Crippen molar-refractivity contribution in [2.24, 2.45) is 0 Å². The first-order valence-electron chi connectivity index (χ1n) is 4.79. The molecule has 0 radical (unpaired) electrons. The highest BCUT2D eigenvalue weighted by molar-refractivity contribution is 5.95. The maximum absolute atomic E-state index is 11.3. The Hall–Kier alpha value is -2.05. The molecule has 88 valence electrons. The second kappa shape index (κ2) is 5.15. The predicted octanol–water partition coefficient (Wildman–Crippen LogP) is 0.345. The van der Waals surface area contributed by atoms with E-state index in [0.717, 1.165) is 0 Å². The molecule has 0 saturated heterocycles. The molecule has 1 aromatic rings. The fourth-order valence-corrected chi connectivity index (χ4v) is 1.04. The summed E-state index contributed by atoms with van der Waals surface area (Å²) in [5, 5.41) is 0. The third kappa shape index (κ3) is 2.50. The van der Waals surface area contributed by atoms with Gasteiger partial charge < -0.3 is 20.2 Å². The molecular formula is C9H13N3O4. The number of nitrogen functional groups attached to an aromatic ring is 1. The van der Waals surface area contributed by atoms with Crippen LogP contribution in [0.1, 0.15) is 35.0 Å². The Morgan fingerprint density at radius 1 is 1.25 bits per heavy atom. The molecule has 0 aliphatic heterocycles. The van der Waals surface area contributed by atoms with Crippen molar-refractivity contribution in [3.63, 3.8) is 0 Å². The van der Waals surface area contributed by atoms with E-state index in [4.69, 9.17) is 15.2 Å². The zero-order valence-electron chi connectivity index (χ0n) is 9.07. The predicted molar refractivity (Wildman–Crippen MR) is 54.9 cm³/mol. The molecule has 0 aliphatic carbocycles. The van der Waals surface area contributed by atoms with E-state index in [-0.39, 0.29) is 30.5 Å². The van der Waals surface area contributed by atoms with E-state index in [0.29, 0.717) is 0 Å². The highest BCUT2D eigenvalue weighted by Gasteiger charge is 2.20. The molecule has 0 spiro atoms. The lowest BCUT2D eigenvalue weighted by Crippen LogP contribution is -2.09. The van der Waals surface area contributed by atoms with Crippen molar-refractivity contribution in [1.29, 1.82) is 0 Å². The Labute approximate surface area is 91.9 Å². The molecule has 0 aliphatic rings. The van der Waals surface area contributed by atoms with Gasteiger partial charge in [-0.25, -0.2) is 14.6 Å². The zero-order valence-corrected chi connectivity index (χ0v) is 9.07. The second-order valence-corrected chi connectivity index (χ2v) is 2.79. The number of carbonyl (C=O) groups excluding carboxylic acids is 2. The minimum atomic E-state index is -0.674. The number of carbonyl (C=O) groups is 2. The van der Waals surface area contributed by atoms with Crippen LogP contribution in [-0.4, -0.2) is 35.1 Å². The molecule has 1 heterocycles.